The minimum absolute atomic E-state index is 0.00572. The summed E-state index contributed by atoms with van der Waals surface area (Å²) in [5, 5.41) is 2.97. The average Bonchev–Trinajstić information content (AvgIpc) is 2.95. The Kier molecular flexibility index (Phi) is 4.37. The van der Waals surface area contributed by atoms with Crippen molar-refractivity contribution in [3.05, 3.63) is 42.2 Å². The predicted octanol–water partition coefficient (Wildman–Crippen LogP) is 1.97. The Morgan fingerprint density at radius 1 is 1.22 bits per heavy atom. The van der Waals surface area contributed by atoms with Crippen LogP contribution in [0.5, 0.6) is 0 Å². The molecule has 1 saturated heterocycles. The van der Waals surface area contributed by atoms with Gasteiger partial charge in [-0.05, 0) is 12.5 Å². The van der Waals surface area contributed by atoms with E-state index in [1.807, 2.05) is 0 Å². The van der Waals surface area contributed by atoms with Crippen LogP contribution in [0.4, 0.5) is 19.1 Å². The molecule has 2 aromatic heterocycles. The highest BCUT2D eigenvalue weighted by atomic mass is 19.4. The van der Waals surface area contributed by atoms with Crippen molar-refractivity contribution in [1.29, 1.82) is 0 Å². The lowest BCUT2D eigenvalue weighted by atomic mass is 10.3. The van der Waals surface area contributed by atoms with Crippen LogP contribution in [0, 0.1) is 0 Å². The van der Waals surface area contributed by atoms with Gasteiger partial charge < -0.3 is 5.32 Å². The first-order valence-corrected chi connectivity index (χ1v) is 7.15. The van der Waals surface area contributed by atoms with Gasteiger partial charge in [0.15, 0.2) is 0 Å². The smallest absolute Gasteiger partial charge is 0.350 e. The van der Waals surface area contributed by atoms with Gasteiger partial charge in [0.25, 0.3) is 0 Å². The van der Waals surface area contributed by atoms with Crippen LogP contribution in [-0.4, -0.2) is 44.0 Å². The van der Waals surface area contributed by atoms with Crippen molar-refractivity contribution < 1.29 is 13.2 Å². The van der Waals surface area contributed by atoms with E-state index in [1.54, 1.807) is 18.6 Å². The molecule has 0 bridgehead atoms. The number of nitrogens with one attached hydrogen (secondary N) is 1. The summed E-state index contributed by atoms with van der Waals surface area (Å²) in [4.78, 5) is 17.8. The van der Waals surface area contributed by atoms with Gasteiger partial charge in [0.1, 0.15) is 5.69 Å². The van der Waals surface area contributed by atoms with Crippen molar-refractivity contribution in [2.75, 3.05) is 18.4 Å². The molecule has 1 fully saturated rings. The first-order chi connectivity index (χ1) is 11.0. The second kappa shape index (κ2) is 6.45. The Morgan fingerprint density at radius 2 is 2.09 bits per heavy atom. The standard InChI is InChI=1S/C14H15F3N6/c15-14(16,17)12-1-3-20-13(22-12)21-10-2-6-23(8-10)9-11-7-18-4-5-19-11/h1,3-5,7,10H,2,6,8-9H2,(H,20,21,22). The summed E-state index contributed by atoms with van der Waals surface area (Å²) in [5.41, 5.74) is -0.0760. The summed E-state index contributed by atoms with van der Waals surface area (Å²) in [6.07, 6.45) is 2.41. The van der Waals surface area contributed by atoms with Crippen LogP contribution < -0.4 is 5.32 Å². The normalized spacial score (nSPS) is 19.0. The van der Waals surface area contributed by atoms with Gasteiger partial charge in [-0.15, -0.1) is 0 Å². The molecule has 0 aliphatic carbocycles. The van der Waals surface area contributed by atoms with E-state index < -0.39 is 11.9 Å². The van der Waals surface area contributed by atoms with E-state index in [0.717, 1.165) is 30.9 Å². The molecule has 23 heavy (non-hydrogen) atoms. The summed E-state index contributed by atoms with van der Waals surface area (Å²) >= 11 is 0. The topological polar surface area (TPSA) is 66.8 Å². The highest BCUT2D eigenvalue weighted by Crippen LogP contribution is 2.27. The van der Waals surface area contributed by atoms with E-state index in [4.69, 9.17) is 0 Å². The number of hydrogen-bond acceptors (Lipinski definition) is 6. The third kappa shape index (κ3) is 4.13. The van der Waals surface area contributed by atoms with E-state index in [1.165, 1.54) is 0 Å². The van der Waals surface area contributed by atoms with E-state index in [0.29, 0.717) is 13.1 Å². The summed E-state index contributed by atoms with van der Waals surface area (Å²) in [6, 6.07) is 0.871. The van der Waals surface area contributed by atoms with E-state index in [2.05, 4.69) is 30.2 Å². The maximum absolute atomic E-state index is 12.6. The molecule has 122 valence electrons. The average molecular weight is 324 g/mol. The van der Waals surface area contributed by atoms with E-state index in [9.17, 15) is 13.2 Å². The first-order valence-electron chi connectivity index (χ1n) is 7.15. The molecule has 3 rings (SSSR count). The minimum Gasteiger partial charge on any atom is -0.350 e. The Balaban J connectivity index is 1.58. The number of anilines is 1. The van der Waals surface area contributed by atoms with Crippen molar-refractivity contribution in [2.24, 2.45) is 0 Å². The molecule has 1 aliphatic heterocycles. The van der Waals surface area contributed by atoms with Gasteiger partial charge in [0.2, 0.25) is 5.95 Å². The maximum atomic E-state index is 12.6. The molecule has 0 aromatic carbocycles. The fourth-order valence-corrected chi connectivity index (χ4v) is 2.50. The van der Waals surface area contributed by atoms with Crippen LogP contribution in [-0.2, 0) is 12.7 Å². The van der Waals surface area contributed by atoms with Crippen molar-refractivity contribution in [3.8, 4) is 0 Å². The SMILES string of the molecule is FC(F)(F)c1ccnc(NC2CCN(Cc3cnccn3)C2)n1. The zero-order valence-corrected chi connectivity index (χ0v) is 12.2. The molecule has 9 heteroatoms. The first kappa shape index (κ1) is 15.6. The zero-order chi connectivity index (χ0) is 16.3. The molecular weight excluding hydrogens is 309 g/mol. The summed E-state index contributed by atoms with van der Waals surface area (Å²) in [5.74, 6) is 0.00572. The Morgan fingerprint density at radius 3 is 2.83 bits per heavy atom. The van der Waals surface area contributed by atoms with Crippen molar-refractivity contribution in [1.82, 2.24) is 24.8 Å². The van der Waals surface area contributed by atoms with Crippen LogP contribution in [0.3, 0.4) is 0 Å². The van der Waals surface area contributed by atoms with Gasteiger partial charge in [0, 0.05) is 50.5 Å². The molecule has 0 radical (unpaired) electrons. The number of halogens is 3. The zero-order valence-electron chi connectivity index (χ0n) is 12.2. The number of likely N-dealkylation sites (tertiary alicyclic amines) is 1. The lowest BCUT2D eigenvalue weighted by Crippen LogP contribution is -2.27. The maximum Gasteiger partial charge on any atom is 0.433 e. The Hall–Kier alpha value is -2.29. The molecule has 2 aromatic rings. The van der Waals surface area contributed by atoms with Crippen LogP contribution in [0.2, 0.25) is 0 Å². The number of aromatic nitrogens is 4. The van der Waals surface area contributed by atoms with Gasteiger partial charge in [-0.3, -0.25) is 14.9 Å². The van der Waals surface area contributed by atoms with Crippen molar-refractivity contribution in [2.45, 2.75) is 25.2 Å². The second-order valence-electron chi connectivity index (χ2n) is 5.33. The number of alkyl halides is 3. The summed E-state index contributed by atoms with van der Waals surface area (Å²) in [7, 11) is 0. The molecule has 3 heterocycles. The van der Waals surface area contributed by atoms with Crippen molar-refractivity contribution >= 4 is 5.95 Å². The summed E-state index contributed by atoms with van der Waals surface area (Å²) in [6.45, 7) is 2.18. The molecule has 1 atom stereocenters. The second-order valence-corrected chi connectivity index (χ2v) is 5.33. The van der Waals surface area contributed by atoms with Gasteiger partial charge in [-0.2, -0.15) is 13.2 Å². The summed E-state index contributed by atoms with van der Waals surface area (Å²) < 4.78 is 37.9. The molecular formula is C14H15F3N6. The molecule has 1 N–H and O–H groups in total. The largest absolute Gasteiger partial charge is 0.433 e. The van der Waals surface area contributed by atoms with Crippen LogP contribution in [0.1, 0.15) is 17.8 Å². The van der Waals surface area contributed by atoms with Gasteiger partial charge in [0.05, 0.1) is 5.69 Å². The fraction of sp³-hybridized carbons (Fsp3) is 0.429. The third-order valence-electron chi connectivity index (χ3n) is 3.55. The lowest BCUT2D eigenvalue weighted by molar-refractivity contribution is -0.141. The highest BCUT2D eigenvalue weighted by Gasteiger charge is 2.33. The predicted molar refractivity (Wildman–Crippen MR) is 76.4 cm³/mol. The third-order valence-corrected chi connectivity index (χ3v) is 3.55. The molecule has 0 amide bonds. The van der Waals surface area contributed by atoms with Crippen LogP contribution >= 0.6 is 0 Å². The molecule has 1 aliphatic rings. The number of hydrogen-bond donors (Lipinski definition) is 1. The number of nitrogens with zero attached hydrogens (tertiary/aromatic N) is 5. The van der Waals surface area contributed by atoms with Gasteiger partial charge in [-0.25, -0.2) is 9.97 Å². The monoisotopic (exact) mass is 324 g/mol. The minimum atomic E-state index is -4.47. The van der Waals surface area contributed by atoms with Gasteiger partial charge >= 0.3 is 6.18 Å². The van der Waals surface area contributed by atoms with Crippen LogP contribution in [0.15, 0.2) is 30.9 Å². The molecule has 0 spiro atoms. The fourth-order valence-electron chi connectivity index (χ4n) is 2.50. The highest BCUT2D eigenvalue weighted by molar-refractivity contribution is 5.28. The molecule has 6 nitrogen and oxygen atoms in total. The molecule has 1 unspecified atom stereocenters. The van der Waals surface area contributed by atoms with Crippen LogP contribution in [0.25, 0.3) is 0 Å². The quantitative estimate of drug-likeness (QED) is 0.927. The van der Waals surface area contributed by atoms with E-state index >= 15 is 0 Å². The number of rotatable bonds is 4. The lowest BCUT2D eigenvalue weighted by Gasteiger charge is -2.16. The van der Waals surface area contributed by atoms with E-state index in [-0.39, 0.29) is 12.0 Å². The van der Waals surface area contributed by atoms with Crippen molar-refractivity contribution in [3.63, 3.8) is 0 Å². The molecule has 0 saturated carbocycles. The van der Waals surface area contributed by atoms with Gasteiger partial charge in [-0.1, -0.05) is 0 Å². The Bertz CT molecular complexity index is 648. The Labute approximate surface area is 130 Å².